The second-order valence-electron chi connectivity index (χ2n) is 6.51. The van der Waals surface area contributed by atoms with Crippen molar-refractivity contribution in [2.75, 3.05) is 20.6 Å². The molecule has 3 N–H and O–H groups in total. The summed E-state index contributed by atoms with van der Waals surface area (Å²) in [5, 5.41) is 3.39. The van der Waals surface area contributed by atoms with E-state index in [1.54, 1.807) is 0 Å². The molecule has 22 heavy (non-hydrogen) atoms. The topological polar surface area (TPSA) is 53.6 Å². The van der Waals surface area contributed by atoms with Crippen molar-refractivity contribution in [2.24, 2.45) is 10.7 Å². The lowest BCUT2D eigenvalue weighted by Gasteiger charge is -2.25. The highest BCUT2D eigenvalue weighted by molar-refractivity contribution is 5.78. The first-order chi connectivity index (χ1) is 10.6. The van der Waals surface area contributed by atoms with Gasteiger partial charge in [-0.1, -0.05) is 49.6 Å². The monoisotopic (exact) mass is 302 g/mol. The number of hydrogen-bond donors (Lipinski definition) is 2. The van der Waals surface area contributed by atoms with Gasteiger partial charge < -0.3 is 16.0 Å². The summed E-state index contributed by atoms with van der Waals surface area (Å²) in [6, 6.07) is 11.5. The van der Waals surface area contributed by atoms with Crippen LogP contribution in [0, 0.1) is 0 Å². The Balaban J connectivity index is 1.85. The molecular formula is C18H30N4. The van der Waals surface area contributed by atoms with Crippen LogP contribution < -0.4 is 11.1 Å². The van der Waals surface area contributed by atoms with Crippen LogP contribution in [0.25, 0.3) is 0 Å². The average molecular weight is 302 g/mol. The molecule has 0 amide bonds. The van der Waals surface area contributed by atoms with Crippen molar-refractivity contribution in [2.45, 2.75) is 50.6 Å². The Kier molecular flexibility index (Phi) is 6.72. The van der Waals surface area contributed by atoms with Crippen LogP contribution in [0.15, 0.2) is 35.3 Å². The van der Waals surface area contributed by atoms with Crippen molar-refractivity contribution in [3.63, 3.8) is 0 Å². The predicted molar refractivity (Wildman–Crippen MR) is 94.1 cm³/mol. The van der Waals surface area contributed by atoms with E-state index < -0.39 is 0 Å². The SMILES string of the molecule is CN(C)C(CN=C(N)NC1CCCCC1)Cc1ccccc1. The number of nitrogens with zero attached hydrogens (tertiary/aromatic N) is 2. The summed E-state index contributed by atoms with van der Waals surface area (Å²) in [7, 11) is 4.21. The molecule has 1 unspecified atom stereocenters. The summed E-state index contributed by atoms with van der Waals surface area (Å²) in [4.78, 5) is 6.80. The van der Waals surface area contributed by atoms with Gasteiger partial charge in [0.05, 0.1) is 6.54 Å². The molecule has 4 nitrogen and oxygen atoms in total. The van der Waals surface area contributed by atoms with Crippen LogP contribution >= 0.6 is 0 Å². The van der Waals surface area contributed by atoms with Gasteiger partial charge in [0.1, 0.15) is 0 Å². The van der Waals surface area contributed by atoms with Gasteiger partial charge in [-0.15, -0.1) is 0 Å². The van der Waals surface area contributed by atoms with Gasteiger partial charge in [-0.2, -0.15) is 0 Å². The highest BCUT2D eigenvalue weighted by Crippen LogP contribution is 2.17. The fourth-order valence-corrected chi connectivity index (χ4v) is 3.00. The Morgan fingerprint density at radius 3 is 2.55 bits per heavy atom. The van der Waals surface area contributed by atoms with E-state index in [1.165, 1.54) is 37.7 Å². The van der Waals surface area contributed by atoms with Gasteiger partial charge in [0.15, 0.2) is 5.96 Å². The molecule has 2 rings (SSSR count). The lowest BCUT2D eigenvalue weighted by molar-refractivity contribution is 0.298. The van der Waals surface area contributed by atoms with E-state index in [0.29, 0.717) is 18.0 Å². The Morgan fingerprint density at radius 2 is 1.91 bits per heavy atom. The first kappa shape index (κ1) is 16.8. The van der Waals surface area contributed by atoms with Gasteiger partial charge in [0, 0.05) is 12.1 Å². The summed E-state index contributed by atoms with van der Waals surface area (Å²) >= 11 is 0. The maximum Gasteiger partial charge on any atom is 0.188 e. The molecular weight excluding hydrogens is 272 g/mol. The summed E-state index contributed by atoms with van der Waals surface area (Å²) < 4.78 is 0. The average Bonchev–Trinajstić information content (AvgIpc) is 2.53. The van der Waals surface area contributed by atoms with Crippen molar-refractivity contribution >= 4 is 5.96 Å². The molecule has 0 heterocycles. The van der Waals surface area contributed by atoms with Crippen molar-refractivity contribution in [1.82, 2.24) is 10.2 Å². The number of rotatable bonds is 6. The number of nitrogens with one attached hydrogen (secondary N) is 1. The van der Waals surface area contributed by atoms with E-state index >= 15 is 0 Å². The second kappa shape index (κ2) is 8.79. The highest BCUT2D eigenvalue weighted by Gasteiger charge is 2.15. The van der Waals surface area contributed by atoms with Crippen LogP contribution in [0.4, 0.5) is 0 Å². The standard InChI is InChI=1S/C18H30N4/c1-22(2)17(13-15-9-5-3-6-10-15)14-20-18(19)21-16-11-7-4-8-12-16/h3,5-6,9-10,16-17H,4,7-8,11-14H2,1-2H3,(H3,19,20,21). The third kappa shape index (κ3) is 5.68. The van der Waals surface area contributed by atoms with Crippen molar-refractivity contribution in [3.8, 4) is 0 Å². The van der Waals surface area contributed by atoms with E-state index in [0.717, 1.165) is 13.0 Å². The van der Waals surface area contributed by atoms with Crippen LogP contribution in [-0.2, 0) is 6.42 Å². The minimum Gasteiger partial charge on any atom is -0.370 e. The van der Waals surface area contributed by atoms with Crippen molar-refractivity contribution in [1.29, 1.82) is 0 Å². The third-order valence-electron chi connectivity index (χ3n) is 4.47. The van der Waals surface area contributed by atoms with Gasteiger partial charge in [0.25, 0.3) is 0 Å². The molecule has 122 valence electrons. The molecule has 1 saturated carbocycles. The molecule has 1 aliphatic carbocycles. The lowest BCUT2D eigenvalue weighted by Crippen LogP contribution is -2.42. The predicted octanol–water partition coefficient (Wildman–Crippen LogP) is 2.40. The fraction of sp³-hybridized carbons (Fsp3) is 0.611. The molecule has 1 aromatic rings. The number of hydrogen-bond acceptors (Lipinski definition) is 2. The number of guanidine groups is 1. The lowest BCUT2D eigenvalue weighted by atomic mass is 9.96. The molecule has 0 radical (unpaired) electrons. The molecule has 0 saturated heterocycles. The Hall–Kier alpha value is -1.55. The molecule has 0 aliphatic heterocycles. The minimum atomic E-state index is 0.370. The van der Waals surface area contributed by atoms with Gasteiger partial charge in [-0.3, -0.25) is 4.99 Å². The molecule has 1 fully saturated rings. The number of likely N-dealkylation sites (N-methyl/N-ethyl adjacent to an activating group) is 1. The minimum absolute atomic E-state index is 0.370. The number of benzene rings is 1. The molecule has 0 bridgehead atoms. The molecule has 4 heteroatoms. The van der Waals surface area contributed by atoms with Crippen LogP contribution in [0.3, 0.4) is 0 Å². The van der Waals surface area contributed by atoms with Gasteiger partial charge >= 0.3 is 0 Å². The van der Waals surface area contributed by atoms with E-state index in [-0.39, 0.29) is 0 Å². The summed E-state index contributed by atoms with van der Waals surface area (Å²) in [5.41, 5.74) is 7.41. The molecule has 1 aromatic carbocycles. The largest absolute Gasteiger partial charge is 0.370 e. The highest BCUT2D eigenvalue weighted by atomic mass is 15.2. The zero-order valence-electron chi connectivity index (χ0n) is 14.0. The van der Waals surface area contributed by atoms with Gasteiger partial charge in [-0.05, 0) is 38.9 Å². The number of aliphatic imine (C=N–C) groups is 1. The third-order valence-corrected chi connectivity index (χ3v) is 4.47. The van der Waals surface area contributed by atoms with Crippen molar-refractivity contribution in [3.05, 3.63) is 35.9 Å². The summed E-state index contributed by atoms with van der Waals surface area (Å²) in [6.07, 6.45) is 7.40. The van der Waals surface area contributed by atoms with Crippen LogP contribution in [0.5, 0.6) is 0 Å². The van der Waals surface area contributed by atoms with E-state index in [4.69, 9.17) is 5.73 Å². The van der Waals surface area contributed by atoms with Crippen molar-refractivity contribution < 1.29 is 0 Å². The molecule has 1 atom stereocenters. The zero-order chi connectivity index (χ0) is 15.8. The summed E-state index contributed by atoms with van der Waals surface area (Å²) in [5.74, 6) is 0.604. The maximum atomic E-state index is 6.07. The molecule has 0 spiro atoms. The quantitative estimate of drug-likeness (QED) is 0.627. The normalized spacial score (nSPS) is 18.4. The van der Waals surface area contributed by atoms with E-state index in [2.05, 4.69) is 59.6 Å². The summed E-state index contributed by atoms with van der Waals surface area (Å²) in [6.45, 7) is 0.730. The fourth-order valence-electron chi connectivity index (χ4n) is 3.00. The Morgan fingerprint density at radius 1 is 1.23 bits per heavy atom. The zero-order valence-corrected chi connectivity index (χ0v) is 14.0. The first-order valence-electron chi connectivity index (χ1n) is 8.42. The first-order valence-corrected chi connectivity index (χ1v) is 8.42. The van der Waals surface area contributed by atoms with Crippen LogP contribution in [-0.4, -0.2) is 43.6 Å². The Bertz CT molecular complexity index is 449. The van der Waals surface area contributed by atoms with Crippen LogP contribution in [0.1, 0.15) is 37.7 Å². The number of nitrogens with two attached hydrogens (primary N) is 1. The van der Waals surface area contributed by atoms with Gasteiger partial charge in [-0.25, -0.2) is 0 Å². The van der Waals surface area contributed by atoms with E-state index in [9.17, 15) is 0 Å². The Labute approximate surface area is 134 Å². The molecule has 1 aliphatic rings. The van der Waals surface area contributed by atoms with E-state index in [1.807, 2.05) is 0 Å². The van der Waals surface area contributed by atoms with Gasteiger partial charge in [0.2, 0.25) is 0 Å². The second-order valence-corrected chi connectivity index (χ2v) is 6.51. The molecule has 0 aromatic heterocycles. The van der Waals surface area contributed by atoms with Crippen LogP contribution in [0.2, 0.25) is 0 Å². The smallest absolute Gasteiger partial charge is 0.188 e. The maximum absolute atomic E-state index is 6.07.